The van der Waals surface area contributed by atoms with E-state index in [-0.39, 0.29) is 39.0 Å². The highest BCUT2D eigenvalue weighted by molar-refractivity contribution is 7.92. The smallest absolute Gasteiger partial charge is 0.270 e. The minimum Gasteiger partial charge on any atom is -0.307 e. The molecular formula is C32H23N5O5S. The quantitative estimate of drug-likeness (QED) is 0.130. The number of hydrogen-bond donors (Lipinski definition) is 1. The predicted molar refractivity (Wildman–Crippen MR) is 163 cm³/mol. The zero-order chi connectivity index (χ0) is 30.0. The van der Waals surface area contributed by atoms with Gasteiger partial charge in [-0.1, -0.05) is 72.8 Å². The molecule has 2 heterocycles. The van der Waals surface area contributed by atoms with Crippen molar-refractivity contribution in [1.29, 1.82) is 0 Å². The maximum Gasteiger partial charge on any atom is 0.270 e. The Kier molecular flexibility index (Phi) is 7.22. The van der Waals surface area contributed by atoms with Crippen LogP contribution in [0.5, 0.6) is 0 Å². The molecule has 43 heavy (non-hydrogen) atoms. The summed E-state index contributed by atoms with van der Waals surface area (Å²) in [6.07, 6.45) is 2.61. The van der Waals surface area contributed by atoms with Crippen LogP contribution in [0, 0.1) is 10.1 Å². The summed E-state index contributed by atoms with van der Waals surface area (Å²) >= 11 is 0. The highest BCUT2D eigenvalue weighted by Crippen LogP contribution is 2.37. The average Bonchev–Trinajstić information content (AvgIpc) is 3.31. The number of amides is 1. The molecule has 0 atom stereocenters. The molecule has 6 rings (SSSR count). The van der Waals surface area contributed by atoms with Crippen LogP contribution in [0.15, 0.2) is 125 Å². The first-order chi connectivity index (χ1) is 20.8. The van der Waals surface area contributed by atoms with Gasteiger partial charge in [-0.2, -0.15) is 0 Å². The van der Waals surface area contributed by atoms with Crippen LogP contribution in [-0.4, -0.2) is 33.8 Å². The van der Waals surface area contributed by atoms with E-state index >= 15 is 0 Å². The minimum absolute atomic E-state index is 0.00621. The lowest BCUT2D eigenvalue weighted by Crippen LogP contribution is -2.16. The number of carbonyl (C=O) groups excluding carboxylic acids is 1. The largest absolute Gasteiger partial charge is 0.307 e. The average molecular weight is 590 g/mol. The normalized spacial score (nSPS) is 11.7. The van der Waals surface area contributed by atoms with Gasteiger partial charge in [-0.05, 0) is 41.5 Å². The highest BCUT2D eigenvalue weighted by atomic mass is 32.2. The third-order valence-corrected chi connectivity index (χ3v) is 8.58. The van der Waals surface area contributed by atoms with E-state index in [9.17, 15) is 23.3 Å². The molecule has 0 unspecified atom stereocenters. The Morgan fingerprint density at radius 2 is 1.51 bits per heavy atom. The van der Waals surface area contributed by atoms with Gasteiger partial charge in [-0.3, -0.25) is 14.9 Å². The maximum absolute atomic E-state index is 14.2. The number of nitrogens with one attached hydrogen (secondary N) is 1. The third-order valence-electron chi connectivity index (χ3n) is 6.76. The van der Waals surface area contributed by atoms with Gasteiger partial charge in [-0.25, -0.2) is 18.4 Å². The first-order valence-corrected chi connectivity index (χ1v) is 14.7. The molecule has 0 aliphatic rings. The molecule has 11 heteroatoms. The molecule has 6 aromatic rings. The molecule has 0 aliphatic heterocycles. The van der Waals surface area contributed by atoms with Gasteiger partial charge in [0.2, 0.25) is 15.7 Å². The van der Waals surface area contributed by atoms with Crippen molar-refractivity contribution in [2.24, 2.45) is 0 Å². The number of para-hydroxylation sites is 2. The van der Waals surface area contributed by atoms with Crippen LogP contribution in [-0.2, 0) is 21.2 Å². The van der Waals surface area contributed by atoms with Gasteiger partial charge in [-0.15, -0.1) is 0 Å². The highest BCUT2D eigenvalue weighted by Gasteiger charge is 2.32. The number of rotatable bonds is 8. The van der Waals surface area contributed by atoms with Crippen LogP contribution in [0.3, 0.4) is 0 Å². The topological polar surface area (TPSA) is 137 Å². The standard InChI is InChI=1S/C32H23N5O5S/c38-28(19-18-22-12-9-13-24(20-22)37(39)40)35-32-30(43(41,42)25-14-5-2-6-15-25)29-31(34-27-17-8-7-16-26(27)33-29)36(32)21-23-10-3-1-4-11-23/h1-20H,21H2,(H,35,38)/b19-18+. The molecule has 212 valence electrons. The van der Waals surface area contributed by atoms with Crippen LogP contribution in [0.2, 0.25) is 0 Å². The summed E-state index contributed by atoms with van der Waals surface area (Å²) in [6.45, 7) is 0.193. The van der Waals surface area contributed by atoms with Crippen molar-refractivity contribution in [3.05, 3.63) is 137 Å². The molecule has 0 saturated heterocycles. The van der Waals surface area contributed by atoms with Gasteiger partial charge >= 0.3 is 0 Å². The lowest BCUT2D eigenvalue weighted by atomic mass is 10.2. The van der Waals surface area contributed by atoms with Crippen molar-refractivity contribution in [2.45, 2.75) is 16.3 Å². The Labute approximate surface area is 246 Å². The van der Waals surface area contributed by atoms with Crippen molar-refractivity contribution in [1.82, 2.24) is 14.5 Å². The zero-order valence-electron chi connectivity index (χ0n) is 22.5. The van der Waals surface area contributed by atoms with E-state index in [1.807, 2.05) is 36.4 Å². The van der Waals surface area contributed by atoms with Crippen molar-refractivity contribution in [2.75, 3.05) is 5.32 Å². The van der Waals surface area contributed by atoms with Gasteiger partial charge in [0.25, 0.3) is 5.69 Å². The molecule has 2 aromatic heterocycles. The van der Waals surface area contributed by atoms with E-state index in [1.54, 1.807) is 47.0 Å². The molecule has 0 saturated carbocycles. The van der Waals surface area contributed by atoms with Crippen molar-refractivity contribution in [3.8, 4) is 0 Å². The summed E-state index contributed by atoms with van der Waals surface area (Å²) in [4.78, 5) is 33.4. The minimum atomic E-state index is -4.20. The first-order valence-electron chi connectivity index (χ1n) is 13.2. The van der Waals surface area contributed by atoms with Gasteiger partial charge < -0.3 is 9.88 Å². The number of nitro benzene ring substituents is 1. The monoisotopic (exact) mass is 589 g/mol. The summed E-state index contributed by atoms with van der Waals surface area (Å²) in [5, 5.41) is 13.9. The molecular weight excluding hydrogens is 566 g/mol. The third kappa shape index (κ3) is 5.48. The Morgan fingerprint density at radius 3 is 2.21 bits per heavy atom. The predicted octanol–water partition coefficient (Wildman–Crippen LogP) is 6.03. The summed E-state index contributed by atoms with van der Waals surface area (Å²) < 4.78 is 30.1. The molecule has 10 nitrogen and oxygen atoms in total. The number of fused-ring (bicyclic) bond motifs is 2. The molecule has 0 spiro atoms. The number of benzene rings is 4. The lowest BCUT2D eigenvalue weighted by molar-refractivity contribution is -0.384. The van der Waals surface area contributed by atoms with Crippen LogP contribution >= 0.6 is 0 Å². The molecule has 0 fully saturated rings. The fourth-order valence-corrected chi connectivity index (χ4v) is 6.32. The number of anilines is 1. The Hall–Kier alpha value is -5.68. The van der Waals surface area contributed by atoms with Crippen molar-refractivity contribution in [3.63, 3.8) is 0 Å². The number of sulfone groups is 1. The molecule has 1 N–H and O–H groups in total. The number of carbonyl (C=O) groups is 1. The first kappa shape index (κ1) is 27.5. The fourth-order valence-electron chi connectivity index (χ4n) is 4.76. The van der Waals surface area contributed by atoms with E-state index < -0.39 is 20.7 Å². The van der Waals surface area contributed by atoms with Gasteiger partial charge in [0.15, 0.2) is 5.65 Å². The van der Waals surface area contributed by atoms with E-state index in [2.05, 4.69) is 5.32 Å². The Morgan fingerprint density at radius 1 is 0.860 bits per heavy atom. The number of nitrogens with zero attached hydrogens (tertiary/aromatic N) is 4. The van der Waals surface area contributed by atoms with Gasteiger partial charge in [0.1, 0.15) is 16.2 Å². The maximum atomic E-state index is 14.2. The summed E-state index contributed by atoms with van der Waals surface area (Å²) in [5.74, 6) is -0.635. The zero-order valence-corrected chi connectivity index (χ0v) is 23.3. The van der Waals surface area contributed by atoms with Crippen molar-refractivity contribution >= 4 is 55.5 Å². The van der Waals surface area contributed by atoms with E-state index in [0.29, 0.717) is 16.6 Å². The number of nitro groups is 1. The number of hydrogen-bond acceptors (Lipinski definition) is 7. The van der Waals surface area contributed by atoms with Crippen LogP contribution in [0.25, 0.3) is 28.3 Å². The molecule has 0 radical (unpaired) electrons. The number of non-ortho nitro benzene ring substituents is 1. The van der Waals surface area contributed by atoms with Gasteiger partial charge in [0.05, 0.1) is 27.4 Å². The van der Waals surface area contributed by atoms with Crippen LogP contribution in [0.4, 0.5) is 11.5 Å². The second-order valence-corrected chi connectivity index (χ2v) is 11.5. The van der Waals surface area contributed by atoms with E-state index in [1.165, 1.54) is 42.5 Å². The van der Waals surface area contributed by atoms with Crippen molar-refractivity contribution < 1.29 is 18.1 Å². The fraction of sp³-hybridized carbons (Fsp3) is 0.0312. The SMILES string of the molecule is O=C(/C=C/c1cccc([N+](=O)[O-])c1)Nc1c(S(=O)(=O)c2ccccc2)c2nc3ccccc3nc2n1Cc1ccccc1. The Balaban J connectivity index is 1.56. The lowest BCUT2D eigenvalue weighted by Gasteiger charge is -2.13. The molecule has 0 aliphatic carbocycles. The summed E-state index contributed by atoms with van der Waals surface area (Å²) in [6, 6.07) is 30.3. The summed E-state index contributed by atoms with van der Waals surface area (Å²) in [7, 11) is -4.20. The summed E-state index contributed by atoms with van der Waals surface area (Å²) in [5.41, 5.74) is 2.63. The van der Waals surface area contributed by atoms with Crippen LogP contribution in [0.1, 0.15) is 11.1 Å². The Bertz CT molecular complexity index is 2140. The molecule has 1 amide bonds. The second kappa shape index (κ2) is 11.3. The van der Waals surface area contributed by atoms with E-state index in [4.69, 9.17) is 9.97 Å². The van der Waals surface area contributed by atoms with Gasteiger partial charge in [0, 0.05) is 18.2 Å². The second-order valence-electron chi connectivity index (χ2n) is 9.63. The van der Waals surface area contributed by atoms with E-state index in [0.717, 1.165) is 5.56 Å². The van der Waals surface area contributed by atoms with Crippen LogP contribution < -0.4 is 5.32 Å². The molecule has 4 aromatic carbocycles. The number of aromatic nitrogens is 3. The molecule has 0 bridgehead atoms.